The van der Waals surface area contributed by atoms with Crippen LogP contribution in [-0.2, 0) is 19.4 Å². The van der Waals surface area contributed by atoms with Crippen LogP contribution >= 0.6 is 0 Å². The number of aromatic nitrogens is 4. The van der Waals surface area contributed by atoms with Crippen LogP contribution in [0.15, 0.2) is 10.5 Å². The molecule has 0 fully saturated rings. The molecule has 2 aromatic rings. The highest BCUT2D eigenvalue weighted by Crippen LogP contribution is 2.09. The normalized spacial score (nSPS) is 10.9. The summed E-state index contributed by atoms with van der Waals surface area (Å²) in [5, 5.41) is 12.3. The van der Waals surface area contributed by atoms with E-state index < -0.39 is 0 Å². The van der Waals surface area contributed by atoms with Crippen molar-refractivity contribution in [3.05, 3.63) is 29.2 Å². The van der Waals surface area contributed by atoms with Gasteiger partial charge in [-0.25, -0.2) is 0 Å². The van der Waals surface area contributed by atoms with Gasteiger partial charge in [0.25, 0.3) is 0 Å². The molecule has 86 valence electrons. The van der Waals surface area contributed by atoms with Crippen molar-refractivity contribution in [3.8, 4) is 0 Å². The van der Waals surface area contributed by atoms with Crippen LogP contribution in [0, 0.1) is 6.92 Å². The van der Waals surface area contributed by atoms with Crippen molar-refractivity contribution in [2.45, 2.75) is 40.2 Å². The third-order valence-corrected chi connectivity index (χ3v) is 2.49. The SMILES string of the molecule is CCc1cc(CC)n(Cc2nnc(C)o2)n1. The summed E-state index contributed by atoms with van der Waals surface area (Å²) in [5.41, 5.74) is 2.31. The summed E-state index contributed by atoms with van der Waals surface area (Å²) in [6.45, 7) is 6.57. The Balaban J connectivity index is 2.22. The summed E-state index contributed by atoms with van der Waals surface area (Å²) < 4.78 is 7.28. The van der Waals surface area contributed by atoms with Crippen molar-refractivity contribution in [2.75, 3.05) is 0 Å². The van der Waals surface area contributed by atoms with Gasteiger partial charge in [-0.1, -0.05) is 13.8 Å². The van der Waals surface area contributed by atoms with Crippen LogP contribution in [0.5, 0.6) is 0 Å². The van der Waals surface area contributed by atoms with E-state index in [9.17, 15) is 0 Å². The maximum Gasteiger partial charge on any atom is 0.237 e. The molecule has 0 aliphatic heterocycles. The fourth-order valence-electron chi connectivity index (χ4n) is 1.64. The minimum absolute atomic E-state index is 0.560. The van der Waals surface area contributed by atoms with Gasteiger partial charge >= 0.3 is 0 Å². The Morgan fingerprint density at radius 1 is 1.25 bits per heavy atom. The number of hydrogen-bond acceptors (Lipinski definition) is 4. The molecule has 16 heavy (non-hydrogen) atoms. The van der Waals surface area contributed by atoms with Crippen molar-refractivity contribution in [1.29, 1.82) is 0 Å². The summed E-state index contributed by atoms with van der Waals surface area (Å²) in [6.07, 6.45) is 1.91. The number of hydrogen-bond donors (Lipinski definition) is 0. The molecule has 0 unspecified atom stereocenters. The molecule has 0 saturated carbocycles. The van der Waals surface area contributed by atoms with E-state index in [2.05, 4.69) is 35.2 Å². The lowest BCUT2D eigenvalue weighted by molar-refractivity contribution is 0.439. The monoisotopic (exact) mass is 220 g/mol. The topological polar surface area (TPSA) is 56.7 Å². The first-order valence-electron chi connectivity index (χ1n) is 5.57. The van der Waals surface area contributed by atoms with E-state index >= 15 is 0 Å². The largest absolute Gasteiger partial charge is 0.424 e. The zero-order chi connectivity index (χ0) is 11.5. The van der Waals surface area contributed by atoms with E-state index in [1.807, 2.05) is 4.68 Å². The molecule has 0 aromatic carbocycles. The van der Waals surface area contributed by atoms with Crippen molar-refractivity contribution in [3.63, 3.8) is 0 Å². The van der Waals surface area contributed by atoms with Gasteiger partial charge in [-0.3, -0.25) is 4.68 Å². The Labute approximate surface area is 94.5 Å². The van der Waals surface area contributed by atoms with Gasteiger partial charge in [0.2, 0.25) is 11.8 Å². The Hall–Kier alpha value is -1.65. The highest BCUT2D eigenvalue weighted by atomic mass is 16.4. The van der Waals surface area contributed by atoms with Crippen LogP contribution < -0.4 is 0 Å². The van der Waals surface area contributed by atoms with Crippen LogP contribution in [0.1, 0.15) is 37.0 Å². The Bertz CT molecular complexity index is 472. The third-order valence-electron chi connectivity index (χ3n) is 2.49. The molecule has 0 amide bonds. The van der Waals surface area contributed by atoms with Gasteiger partial charge < -0.3 is 4.42 Å². The third kappa shape index (κ3) is 2.13. The average molecular weight is 220 g/mol. The highest BCUT2D eigenvalue weighted by Gasteiger charge is 2.09. The van der Waals surface area contributed by atoms with Gasteiger partial charge in [0.05, 0.1) is 5.69 Å². The summed E-state index contributed by atoms with van der Waals surface area (Å²) in [5.74, 6) is 1.20. The molecule has 5 nitrogen and oxygen atoms in total. The first kappa shape index (κ1) is 10.9. The summed E-state index contributed by atoms with van der Waals surface area (Å²) in [7, 11) is 0. The van der Waals surface area contributed by atoms with Gasteiger partial charge in [0.15, 0.2) is 0 Å². The lowest BCUT2D eigenvalue weighted by Gasteiger charge is -2.01. The van der Waals surface area contributed by atoms with Gasteiger partial charge in [-0.2, -0.15) is 5.10 Å². The van der Waals surface area contributed by atoms with Gasteiger partial charge in [-0.15, -0.1) is 10.2 Å². The molecule has 0 bridgehead atoms. The van der Waals surface area contributed by atoms with Crippen LogP contribution in [-0.4, -0.2) is 20.0 Å². The van der Waals surface area contributed by atoms with Crippen molar-refractivity contribution >= 4 is 0 Å². The number of rotatable bonds is 4. The molecule has 0 radical (unpaired) electrons. The quantitative estimate of drug-likeness (QED) is 0.787. The zero-order valence-electron chi connectivity index (χ0n) is 9.90. The molecular weight excluding hydrogens is 204 g/mol. The van der Waals surface area contributed by atoms with Gasteiger partial charge in [0.1, 0.15) is 6.54 Å². The maximum absolute atomic E-state index is 5.35. The minimum atomic E-state index is 0.560. The minimum Gasteiger partial charge on any atom is -0.424 e. The van der Waals surface area contributed by atoms with E-state index in [0.29, 0.717) is 18.3 Å². The van der Waals surface area contributed by atoms with E-state index in [0.717, 1.165) is 18.5 Å². The van der Waals surface area contributed by atoms with E-state index in [4.69, 9.17) is 4.42 Å². The Morgan fingerprint density at radius 2 is 2.06 bits per heavy atom. The van der Waals surface area contributed by atoms with Crippen LogP contribution in [0.3, 0.4) is 0 Å². The molecular formula is C11H16N4O. The summed E-state index contributed by atoms with van der Waals surface area (Å²) in [4.78, 5) is 0. The smallest absolute Gasteiger partial charge is 0.237 e. The molecule has 0 aliphatic carbocycles. The standard InChI is InChI=1S/C11H16N4O/c1-4-9-6-10(5-2)15(14-9)7-11-13-12-8(3)16-11/h6H,4-5,7H2,1-3H3. The van der Waals surface area contributed by atoms with Crippen molar-refractivity contribution in [1.82, 2.24) is 20.0 Å². The number of nitrogens with zero attached hydrogens (tertiary/aromatic N) is 4. The summed E-state index contributed by atoms with van der Waals surface area (Å²) in [6, 6.07) is 2.13. The Kier molecular flexibility index (Phi) is 3.03. The molecule has 0 spiro atoms. The Morgan fingerprint density at radius 3 is 2.62 bits per heavy atom. The lowest BCUT2D eigenvalue weighted by Crippen LogP contribution is -2.06. The highest BCUT2D eigenvalue weighted by molar-refractivity contribution is 5.11. The number of aryl methyl sites for hydroxylation is 3. The van der Waals surface area contributed by atoms with E-state index in [1.54, 1.807) is 6.92 Å². The molecule has 2 rings (SSSR count). The molecule has 0 aliphatic rings. The van der Waals surface area contributed by atoms with Crippen LogP contribution in [0.2, 0.25) is 0 Å². The second-order valence-corrected chi connectivity index (χ2v) is 3.71. The predicted molar refractivity (Wildman–Crippen MR) is 59.1 cm³/mol. The fourth-order valence-corrected chi connectivity index (χ4v) is 1.64. The summed E-state index contributed by atoms with van der Waals surface area (Å²) >= 11 is 0. The first-order valence-corrected chi connectivity index (χ1v) is 5.57. The van der Waals surface area contributed by atoms with Crippen LogP contribution in [0.4, 0.5) is 0 Å². The average Bonchev–Trinajstić information content (AvgIpc) is 2.85. The molecule has 0 N–H and O–H groups in total. The molecule has 2 heterocycles. The molecule has 5 heteroatoms. The molecule has 0 saturated heterocycles. The van der Waals surface area contributed by atoms with Crippen molar-refractivity contribution in [2.24, 2.45) is 0 Å². The first-order chi connectivity index (χ1) is 7.72. The molecule has 2 aromatic heterocycles. The predicted octanol–water partition coefficient (Wildman–Crippen LogP) is 1.75. The van der Waals surface area contributed by atoms with Crippen molar-refractivity contribution < 1.29 is 4.42 Å². The maximum atomic E-state index is 5.35. The lowest BCUT2D eigenvalue weighted by atomic mass is 10.3. The second-order valence-electron chi connectivity index (χ2n) is 3.71. The van der Waals surface area contributed by atoms with Gasteiger partial charge in [-0.05, 0) is 18.9 Å². The molecule has 0 atom stereocenters. The van der Waals surface area contributed by atoms with E-state index in [1.165, 1.54) is 5.69 Å². The fraction of sp³-hybridized carbons (Fsp3) is 0.545. The van der Waals surface area contributed by atoms with Gasteiger partial charge in [0, 0.05) is 12.6 Å². The van der Waals surface area contributed by atoms with Crippen LogP contribution in [0.25, 0.3) is 0 Å². The second kappa shape index (κ2) is 4.47. The zero-order valence-corrected chi connectivity index (χ0v) is 9.90. The van der Waals surface area contributed by atoms with E-state index in [-0.39, 0.29) is 0 Å².